The molecule has 2 aliphatic rings. The van der Waals surface area contributed by atoms with Gasteiger partial charge in [-0.05, 0) is 35.9 Å². The highest BCUT2D eigenvalue weighted by Gasteiger charge is 2.54. The minimum Gasteiger partial charge on any atom is -0.330 e. The molecule has 0 spiro atoms. The highest BCUT2D eigenvalue weighted by Crippen LogP contribution is 2.51. The van der Waals surface area contributed by atoms with Gasteiger partial charge in [-0.15, -0.1) is 0 Å². The molecule has 2 heterocycles. The Hall–Kier alpha value is -0.930. The first-order valence-electron chi connectivity index (χ1n) is 5.70. The highest BCUT2D eigenvalue weighted by molar-refractivity contribution is 5.11. The van der Waals surface area contributed by atoms with Crippen molar-refractivity contribution < 1.29 is 0 Å². The molecule has 1 aliphatic carbocycles. The zero-order valence-electron chi connectivity index (χ0n) is 8.84. The fraction of sp³-hybridized carbons (Fsp3) is 0.583. The molecule has 0 aromatic carbocycles. The van der Waals surface area contributed by atoms with E-state index in [2.05, 4.69) is 16.0 Å². The number of piperidine rings is 1. The monoisotopic (exact) mass is 203 g/mol. The molecule has 2 N–H and O–H groups in total. The van der Waals surface area contributed by atoms with E-state index in [1.165, 1.54) is 18.7 Å². The fourth-order valence-electron chi connectivity index (χ4n) is 2.97. The molecular weight excluding hydrogens is 186 g/mol. The normalized spacial score (nSPS) is 34.1. The van der Waals surface area contributed by atoms with Gasteiger partial charge in [-0.3, -0.25) is 9.88 Å². The van der Waals surface area contributed by atoms with Crippen molar-refractivity contribution in [3.05, 3.63) is 30.1 Å². The second-order valence-electron chi connectivity index (χ2n) is 4.78. The van der Waals surface area contributed by atoms with E-state index >= 15 is 0 Å². The van der Waals surface area contributed by atoms with Crippen LogP contribution in [0.3, 0.4) is 0 Å². The minimum atomic E-state index is 0.829. The van der Waals surface area contributed by atoms with Crippen molar-refractivity contribution in [3.8, 4) is 0 Å². The molecular formula is C12H17N3. The average molecular weight is 203 g/mol. The second-order valence-corrected chi connectivity index (χ2v) is 4.78. The van der Waals surface area contributed by atoms with E-state index in [1.54, 1.807) is 0 Å². The van der Waals surface area contributed by atoms with Crippen molar-refractivity contribution in [2.75, 3.05) is 19.6 Å². The Kier molecular flexibility index (Phi) is 2.22. The topological polar surface area (TPSA) is 42.1 Å². The van der Waals surface area contributed by atoms with Gasteiger partial charge in [0.2, 0.25) is 0 Å². The van der Waals surface area contributed by atoms with E-state index in [-0.39, 0.29) is 0 Å². The molecule has 0 radical (unpaired) electrons. The summed E-state index contributed by atoms with van der Waals surface area (Å²) in [6, 6.07) is 4.16. The lowest BCUT2D eigenvalue weighted by molar-refractivity contribution is 0.278. The standard InChI is InChI=1S/C12H17N3/c13-4-10-11-7-15(8-12(10)11)6-9-2-1-3-14-5-9/h1-3,5,10-12H,4,6-8,13H2/t10?,11-,12+. The number of hydrogen-bond acceptors (Lipinski definition) is 3. The quantitative estimate of drug-likeness (QED) is 0.787. The van der Waals surface area contributed by atoms with Gasteiger partial charge in [-0.1, -0.05) is 6.07 Å². The molecule has 1 aromatic rings. The maximum absolute atomic E-state index is 5.69. The van der Waals surface area contributed by atoms with Crippen molar-refractivity contribution in [1.29, 1.82) is 0 Å². The van der Waals surface area contributed by atoms with Gasteiger partial charge < -0.3 is 5.73 Å². The molecule has 3 atom stereocenters. The van der Waals surface area contributed by atoms with Crippen LogP contribution in [-0.4, -0.2) is 29.5 Å². The molecule has 1 aliphatic heterocycles. The van der Waals surface area contributed by atoms with E-state index in [4.69, 9.17) is 5.73 Å². The third kappa shape index (κ3) is 1.66. The number of aromatic nitrogens is 1. The third-order valence-corrected chi connectivity index (χ3v) is 3.85. The molecule has 1 saturated heterocycles. The van der Waals surface area contributed by atoms with Gasteiger partial charge in [0.25, 0.3) is 0 Å². The van der Waals surface area contributed by atoms with Crippen LogP contribution in [0.25, 0.3) is 0 Å². The number of hydrogen-bond donors (Lipinski definition) is 1. The molecule has 80 valence electrons. The first-order valence-corrected chi connectivity index (χ1v) is 5.70. The van der Waals surface area contributed by atoms with Crippen LogP contribution in [0.5, 0.6) is 0 Å². The van der Waals surface area contributed by atoms with E-state index in [0.29, 0.717) is 0 Å². The molecule has 2 fully saturated rings. The van der Waals surface area contributed by atoms with Crippen LogP contribution in [0.2, 0.25) is 0 Å². The first-order chi connectivity index (χ1) is 7.38. The van der Waals surface area contributed by atoms with Gasteiger partial charge in [-0.25, -0.2) is 0 Å². The zero-order chi connectivity index (χ0) is 10.3. The lowest BCUT2D eigenvalue weighted by atomic mass is 10.2. The Morgan fingerprint density at radius 2 is 2.20 bits per heavy atom. The zero-order valence-corrected chi connectivity index (χ0v) is 8.84. The van der Waals surface area contributed by atoms with Crippen LogP contribution in [0.1, 0.15) is 5.56 Å². The summed E-state index contributed by atoms with van der Waals surface area (Å²) in [6.07, 6.45) is 3.79. The number of nitrogens with zero attached hydrogens (tertiary/aromatic N) is 2. The average Bonchev–Trinajstić information content (AvgIpc) is 2.75. The van der Waals surface area contributed by atoms with Crippen molar-refractivity contribution in [1.82, 2.24) is 9.88 Å². The van der Waals surface area contributed by atoms with Crippen molar-refractivity contribution >= 4 is 0 Å². The van der Waals surface area contributed by atoms with Crippen LogP contribution in [0.4, 0.5) is 0 Å². The van der Waals surface area contributed by atoms with Crippen molar-refractivity contribution in [2.24, 2.45) is 23.5 Å². The summed E-state index contributed by atoms with van der Waals surface area (Å²) >= 11 is 0. The minimum absolute atomic E-state index is 0.829. The SMILES string of the molecule is NCC1[C@H]2CN(Cc3cccnc3)C[C@@H]12. The van der Waals surface area contributed by atoms with Gasteiger partial charge in [0, 0.05) is 32.0 Å². The smallest absolute Gasteiger partial charge is 0.0312 e. The fourth-order valence-corrected chi connectivity index (χ4v) is 2.97. The number of nitrogens with two attached hydrogens (primary N) is 1. The largest absolute Gasteiger partial charge is 0.330 e. The molecule has 3 heteroatoms. The lowest BCUT2D eigenvalue weighted by Gasteiger charge is -2.18. The number of likely N-dealkylation sites (tertiary alicyclic amines) is 1. The van der Waals surface area contributed by atoms with E-state index in [1.807, 2.05) is 18.5 Å². The molecule has 15 heavy (non-hydrogen) atoms. The summed E-state index contributed by atoms with van der Waals surface area (Å²) < 4.78 is 0. The van der Waals surface area contributed by atoms with E-state index < -0.39 is 0 Å². The predicted molar refractivity (Wildman–Crippen MR) is 59.0 cm³/mol. The summed E-state index contributed by atoms with van der Waals surface area (Å²) in [6.45, 7) is 4.41. The van der Waals surface area contributed by atoms with E-state index in [0.717, 1.165) is 30.8 Å². The Balaban J connectivity index is 1.56. The molecule has 0 amide bonds. The second kappa shape index (κ2) is 3.58. The first kappa shape index (κ1) is 9.31. The van der Waals surface area contributed by atoms with Gasteiger partial charge in [0.05, 0.1) is 0 Å². The van der Waals surface area contributed by atoms with Gasteiger partial charge in [0.15, 0.2) is 0 Å². The van der Waals surface area contributed by atoms with Crippen LogP contribution in [-0.2, 0) is 6.54 Å². The molecule has 1 unspecified atom stereocenters. The molecule has 3 nitrogen and oxygen atoms in total. The van der Waals surface area contributed by atoms with E-state index in [9.17, 15) is 0 Å². The summed E-state index contributed by atoms with van der Waals surface area (Å²) in [5.74, 6) is 2.62. The number of rotatable bonds is 3. The van der Waals surface area contributed by atoms with Crippen LogP contribution in [0.15, 0.2) is 24.5 Å². The maximum atomic E-state index is 5.69. The summed E-state index contributed by atoms with van der Waals surface area (Å²) in [5, 5.41) is 0. The van der Waals surface area contributed by atoms with Crippen molar-refractivity contribution in [3.63, 3.8) is 0 Å². The number of fused-ring (bicyclic) bond motifs is 1. The van der Waals surface area contributed by atoms with Gasteiger partial charge in [-0.2, -0.15) is 0 Å². The third-order valence-electron chi connectivity index (χ3n) is 3.85. The summed E-state index contributed by atoms with van der Waals surface area (Å²) in [7, 11) is 0. The Morgan fingerprint density at radius 3 is 2.80 bits per heavy atom. The molecule has 3 rings (SSSR count). The molecule has 0 bridgehead atoms. The Labute approximate surface area is 90.3 Å². The Bertz CT molecular complexity index is 326. The molecule has 1 aromatic heterocycles. The van der Waals surface area contributed by atoms with Crippen LogP contribution < -0.4 is 5.73 Å². The summed E-state index contributed by atoms with van der Waals surface area (Å²) in [5.41, 5.74) is 7.02. The van der Waals surface area contributed by atoms with Gasteiger partial charge in [0.1, 0.15) is 0 Å². The van der Waals surface area contributed by atoms with Crippen LogP contribution in [0, 0.1) is 17.8 Å². The van der Waals surface area contributed by atoms with Crippen LogP contribution >= 0.6 is 0 Å². The lowest BCUT2D eigenvalue weighted by Crippen LogP contribution is -2.25. The molecule has 1 saturated carbocycles. The summed E-state index contributed by atoms with van der Waals surface area (Å²) in [4.78, 5) is 6.67. The predicted octanol–water partition coefficient (Wildman–Crippen LogP) is 0.718. The van der Waals surface area contributed by atoms with Gasteiger partial charge >= 0.3 is 0 Å². The maximum Gasteiger partial charge on any atom is 0.0312 e. The van der Waals surface area contributed by atoms with Crippen molar-refractivity contribution in [2.45, 2.75) is 6.54 Å². The number of pyridine rings is 1. The Morgan fingerprint density at radius 1 is 1.40 bits per heavy atom. The highest BCUT2D eigenvalue weighted by atomic mass is 15.2.